The van der Waals surface area contributed by atoms with Gasteiger partial charge in [-0.15, -0.1) is 0 Å². The molecule has 5 fully saturated rings. The molecule has 8 atom stereocenters. The molecule has 81 heavy (non-hydrogen) atoms. The summed E-state index contributed by atoms with van der Waals surface area (Å²) >= 11 is 0. The number of nitrogen functional groups attached to an aromatic ring is 1. The summed E-state index contributed by atoms with van der Waals surface area (Å²) in [6.07, 6.45) is 10.3. The quantitative estimate of drug-likeness (QED) is 0.0472. The molecule has 0 saturated carbocycles. The normalized spacial score (nSPS) is 30.0. The third-order valence-electron chi connectivity index (χ3n) is 13.7. The van der Waals surface area contributed by atoms with Crippen LogP contribution in [0.5, 0.6) is 0 Å². The van der Waals surface area contributed by atoms with E-state index >= 15 is 0 Å². The van der Waals surface area contributed by atoms with Crippen LogP contribution < -0.4 is 20.4 Å². The van der Waals surface area contributed by atoms with Crippen molar-refractivity contribution in [3.63, 3.8) is 0 Å². The summed E-state index contributed by atoms with van der Waals surface area (Å²) < 4.78 is 14.2. The van der Waals surface area contributed by atoms with Crippen LogP contribution in [0.3, 0.4) is 0 Å². The number of hydrogen-bond donors (Lipinski definition) is 9. The molecule has 0 radical (unpaired) electrons. The molecular weight excluding hydrogens is 1030 g/mol. The van der Waals surface area contributed by atoms with Gasteiger partial charge in [0.25, 0.3) is 0 Å². The average Bonchev–Trinajstić information content (AvgIpc) is 3.93. The lowest BCUT2D eigenvalue weighted by Gasteiger charge is -2.45. The highest BCUT2D eigenvalue weighted by Gasteiger charge is 2.51. The zero-order chi connectivity index (χ0) is 59.5. The SMILES string of the molecule is C=C(C)CC(=C)C.CC1(CC2(C)CO2)CO1.CC1(O)CN(c2ccn(Cc3ccccc3)n2)CC(C)(O)C1.C[C@@]1(O)CN(c2ccn[nH]2)C[C@@](C)(O)C1.C[C@]1(O)CN(c2ccn[nH]2)C[C@@](C)(O)C1.Nc1ccn(Cc2ccccc2)n1. The van der Waals surface area contributed by atoms with Crippen molar-refractivity contribution >= 4 is 23.3 Å². The number of nitrogens with zero attached hydrogens (tertiary/aromatic N) is 9. The number of aromatic amines is 2. The van der Waals surface area contributed by atoms with Gasteiger partial charge in [-0.3, -0.25) is 19.6 Å². The van der Waals surface area contributed by atoms with Gasteiger partial charge >= 0.3 is 0 Å². The summed E-state index contributed by atoms with van der Waals surface area (Å²) in [5.74, 6) is 3.01. The van der Waals surface area contributed by atoms with Crippen molar-refractivity contribution < 1.29 is 40.1 Å². The fraction of sp³-hybridized carbons (Fsp3) is 0.541. The van der Waals surface area contributed by atoms with E-state index in [1.54, 1.807) is 60.0 Å². The summed E-state index contributed by atoms with van der Waals surface area (Å²) in [5.41, 5.74) is 5.34. The summed E-state index contributed by atoms with van der Waals surface area (Å²) in [7, 11) is 0. The molecule has 4 unspecified atom stereocenters. The number of aliphatic hydroxyl groups is 6. The molecule has 20 heteroatoms. The van der Waals surface area contributed by atoms with E-state index in [9.17, 15) is 30.6 Å². The number of ether oxygens (including phenoxy) is 2. The Hall–Kier alpha value is -6.36. The van der Waals surface area contributed by atoms with E-state index in [0.717, 1.165) is 50.1 Å². The lowest BCUT2D eigenvalue weighted by Crippen LogP contribution is -2.57. The molecule has 5 saturated heterocycles. The van der Waals surface area contributed by atoms with Gasteiger partial charge in [0.2, 0.25) is 0 Å². The molecule has 5 aliphatic heterocycles. The third kappa shape index (κ3) is 22.5. The number of rotatable bonds is 11. The number of epoxide rings is 2. The molecule has 444 valence electrons. The van der Waals surface area contributed by atoms with Gasteiger partial charge in [0.1, 0.15) is 17.5 Å². The van der Waals surface area contributed by atoms with Crippen molar-refractivity contribution in [3.8, 4) is 0 Å². The van der Waals surface area contributed by atoms with Gasteiger partial charge < -0.3 is 60.5 Å². The Kier molecular flexibility index (Phi) is 20.7. The summed E-state index contributed by atoms with van der Waals surface area (Å²) in [5, 5.41) is 82.9. The summed E-state index contributed by atoms with van der Waals surface area (Å²) in [4.78, 5) is 5.78. The van der Waals surface area contributed by atoms with Crippen molar-refractivity contribution in [2.45, 2.75) is 159 Å². The number of anilines is 4. The number of allylic oxidation sites excluding steroid dienone is 2. The maximum Gasteiger partial charge on any atom is 0.150 e. The highest BCUT2D eigenvalue weighted by molar-refractivity contribution is 5.41. The molecule has 4 aromatic heterocycles. The zero-order valence-electron chi connectivity index (χ0n) is 49.5. The van der Waals surface area contributed by atoms with E-state index in [4.69, 9.17) is 15.2 Å². The number of aromatic nitrogens is 8. The van der Waals surface area contributed by atoms with Gasteiger partial charge in [-0.25, -0.2) is 0 Å². The number of β-amino-alcohol motifs (C(OH)–C–C–N with tert-alkyl or cyclic N) is 6. The summed E-state index contributed by atoms with van der Waals surface area (Å²) in [6.45, 7) is 32.5. The summed E-state index contributed by atoms with van der Waals surface area (Å²) in [6, 6.07) is 27.7. The highest BCUT2D eigenvalue weighted by Crippen LogP contribution is 2.42. The Balaban J connectivity index is 0.000000162. The maximum atomic E-state index is 10.3. The van der Waals surface area contributed by atoms with Crippen LogP contribution in [0.15, 0.2) is 134 Å². The molecule has 20 nitrogen and oxygen atoms in total. The smallest absolute Gasteiger partial charge is 0.150 e. The van der Waals surface area contributed by atoms with Gasteiger partial charge in [-0.05, 0) is 92.9 Å². The molecule has 6 aromatic rings. The van der Waals surface area contributed by atoms with Gasteiger partial charge in [0, 0.05) is 95.5 Å². The second-order valence-corrected chi connectivity index (χ2v) is 25.5. The standard InChI is InChI=1S/C17H23N3O2.2C10H17N3O2.C10H11N3.C7H12O2.C7H12/c1-16(21)11-17(2,22)13-19(12-16)15-8-9-20(18-15)10-14-6-4-3-5-7-14;2*1-9(14)5-10(2,15)7-13(6-9)8-3-4-11-12-8;11-10-6-7-13(12-10)8-9-4-2-1-3-5-9;1-6(4-8-6)3-7(2)5-9-7;1-6(2)5-7(3)4/h3-9,21-22H,10-13H2,1-2H3;2*3-4,14-15H,5-7H2,1-2H3,(H,11,12);1-7H,8H2,(H2,11,12);3-5H2,1-2H3;1,3,5H2,2,4H3/t;9-,10+;9-,10-;;;/m..0.../s1. The first-order valence-corrected chi connectivity index (χ1v) is 27.7. The van der Waals surface area contributed by atoms with Crippen molar-refractivity contribution in [1.29, 1.82) is 0 Å². The largest absolute Gasteiger partial charge is 0.388 e. The van der Waals surface area contributed by atoms with Crippen LogP contribution in [0, 0.1) is 0 Å². The molecule has 9 heterocycles. The van der Waals surface area contributed by atoms with E-state index in [2.05, 4.69) is 81.9 Å². The van der Waals surface area contributed by atoms with E-state index in [0.29, 0.717) is 70.9 Å². The van der Waals surface area contributed by atoms with Crippen LogP contribution >= 0.6 is 0 Å². The molecule has 11 rings (SSSR count). The maximum absolute atomic E-state index is 10.3. The van der Waals surface area contributed by atoms with Crippen molar-refractivity contribution in [2.24, 2.45) is 0 Å². The van der Waals surface area contributed by atoms with Gasteiger partial charge in [0.05, 0.1) is 83.5 Å². The third-order valence-corrected chi connectivity index (χ3v) is 13.7. The molecule has 0 bridgehead atoms. The zero-order valence-corrected chi connectivity index (χ0v) is 49.5. The topological polar surface area (TPSA) is 275 Å². The second kappa shape index (κ2) is 26.3. The van der Waals surface area contributed by atoms with Crippen LogP contribution in [-0.2, 0) is 22.6 Å². The predicted molar refractivity (Wildman–Crippen MR) is 319 cm³/mol. The minimum Gasteiger partial charge on any atom is -0.388 e. The lowest BCUT2D eigenvalue weighted by atomic mass is 9.84. The number of piperidine rings is 3. The van der Waals surface area contributed by atoms with Crippen LogP contribution in [0.4, 0.5) is 23.3 Å². The van der Waals surface area contributed by atoms with Crippen molar-refractivity contribution in [2.75, 3.05) is 72.9 Å². The first kappa shape index (κ1) is 63.8. The van der Waals surface area contributed by atoms with E-state index in [1.807, 2.05) is 105 Å². The van der Waals surface area contributed by atoms with Crippen LogP contribution in [0.1, 0.15) is 112 Å². The van der Waals surface area contributed by atoms with Crippen LogP contribution in [-0.4, -0.2) is 168 Å². The number of nitrogens with two attached hydrogens (primary N) is 1. The minimum atomic E-state index is -0.912. The molecule has 0 aliphatic carbocycles. The predicted octanol–water partition coefficient (Wildman–Crippen LogP) is 6.88. The average molecular weight is 1120 g/mol. The van der Waals surface area contributed by atoms with Gasteiger partial charge in [-0.2, -0.15) is 20.4 Å². The van der Waals surface area contributed by atoms with E-state index in [1.165, 1.54) is 22.3 Å². The molecule has 5 aliphatic rings. The van der Waals surface area contributed by atoms with Gasteiger partial charge in [0.15, 0.2) is 5.82 Å². The fourth-order valence-corrected chi connectivity index (χ4v) is 11.2. The Bertz CT molecular complexity index is 2710. The lowest BCUT2D eigenvalue weighted by molar-refractivity contribution is -0.0591. The highest BCUT2D eigenvalue weighted by atomic mass is 16.6. The Morgan fingerprint density at radius 3 is 1.16 bits per heavy atom. The second-order valence-electron chi connectivity index (χ2n) is 25.5. The number of nitrogens with one attached hydrogen (secondary N) is 2. The van der Waals surface area contributed by atoms with Crippen LogP contribution in [0.2, 0.25) is 0 Å². The number of hydrogen-bond acceptors (Lipinski definition) is 16. The molecule has 10 N–H and O–H groups in total. The van der Waals surface area contributed by atoms with Gasteiger partial charge in [-0.1, -0.05) is 85.0 Å². The first-order chi connectivity index (χ1) is 37.7. The Morgan fingerprint density at radius 2 is 0.864 bits per heavy atom. The molecule has 2 aromatic carbocycles. The van der Waals surface area contributed by atoms with E-state index < -0.39 is 33.6 Å². The van der Waals surface area contributed by atoms with Crippen LogP contribution in [0.25, 0.3) is 0 Å². The minimum absolute atomic E-state index is 0.172. The van der Waals surface area contributed by atoms with Crippen molar-refractivity contribution in [1.82, 2.24) is 40.0 Å². The Labute approximate surface area is 478 Å². The molecule has 0 spiro atoms. The molecular formula is C61H92N12O8. The van der Waals surface area contributed by atoms with Crippen molar-refractivity contribution in [3.05, 3.63) is 145 Å². The first-order valence-electron chi connectivity index (χ1n) is 27.7. The number of H-pyrrole nitrogens is 2. The Morgan fingerprint density at radius 1 is 0.519 bits per heavy atom. The fourth-order valence-electron chi connectivity index (χ4n) is 11.2. The number of benzene rings is 2. The van der Waals surface area contributed by atoms with E-state index in [-0.39, 0.29) is 11.2 Å². The monoisotopic (exact) mass is 1120 g/mol. The molecule has 0 amide bonds.